The minimum absolute atomic E-state index is 0.150. The molecule has 2 rings (SSSR count). The molecule has 0 unspecified atom stereocenters. The summed E-state index contributed by atoms with van der Waals surface area (Å²) in [6.45, 7) is 0. The van der Waals surface area contributed by atoms with E-state index in [1.807, 2.05) is 6.07 Å². The topological polar surface area (TPSA) is 63.8 Å². The van der Waals surface area contributed by atoms with Crippen LogP contribution in [0.5, 0.6) is 0 Å². The fraction of sp³-hybridized carbons (Fsp3) is 0. The van der Waals surface area contributed by atoms with E-state index in [9.17, 15) is 4.79 Å². The lowest BCUT2D eigenvalue weighted by Crippen LogP contribution is -2.12. The summed E-state index contributed by atoms with van der Waals surface area (Å²) < 4.78 is 0. The van der Waals surface area contributed by atoms with E-state index in [-0.39, 0.29) is 5.56 Å². The number of nitrogens with one attached hydrogen (secondary N) is 1. The molecule has 0 atom stereocenters. The number of fused-ring (bicyclic) bond motifs is 1. The second-order valence-corrected chi connectivity index (χ2v) is 2.33. The largest absolute Gasteiger partial charge is 0.324 e. The lowest BCUT2D eigenvalue weighted by Gasteiger charge is -1.90. The summed E-state index contributed by atoms with van der Waals surface area (Å²) in [7, 11) is 0. The first-order valence-corrected chi connectivity index (χ1v) is 3.24. The Kier molecular flexibility index (Phi) is 1.03. The molecule has 0 saturated heterocycles. The van der Waals surface area contributed by atoms with E-state index in [0.717, 1.165) is 5.52 Å². The summed E-state index contributed by atoms with van der Waals surface area (Å²) >= 11 is 0. The number of nitrogens with two attached hydrogens (primary N) is 1. The van der Waals surface area contributed by atoms with Crippen LogP contribution in [0.2, 0.25) is 0 Å². The Labute approximate surface area is 62.2 Å². The fourth-order valence-corrected chi connectivity index (χ4v) is 1.11. The summed E-state index contributed by atoms with van der Waals surface area (Å²) in [6.07, 6.45) is 0. The highest BCUT2D eigenvalue weighted by molar-refractivity contribution is 5.78. The van der Waals surface area contributed by atoms with Crippen molar-refractivity contribution in [3.8, 4) is 0 Å². The van der Waals surface area contributed by atoms with Crippen molar-refractivity contribution in [2.24, 2.45) is 0 Å². The Bertz CT molecular complexity index is 440. The number of nitrogens with zero attached hydrogens (tertiary/aromatic N) is 1. The zero-order valence-electron chi connectivity index (χ0n) is 5.74. The van der Waals surface area contributed by atoms with Gasteiger partial charge in [0.25, 0.3) is 5.56 Å². The second kappa shape index (κ2) is 1.88. The number of aromatic amines is 1. The molecule has 4 heteroatoms. The van der Waals surface area contributed by atoms with Crippen molar-refractivity contribution in [2.45, 2.75) is 0 Å². The van der Waals surface area contributed by atoms with Gasteiger partial charge in [0.1, 0.15) is 0 Å². The first-order valence-electron chi connectivity index (χ1n) is 3.24. The van der Waals surface area contributed by atoms with E-state index in [1.54, 1.807) is 18.2 Å². The third-order valence-corrected chi connectivity index (χ3v) is 1.63. The zero-order chi connectivity index (χ0) is 7.84. The first-order chi connectivity index (χ1) is 5.29. The number of hydrogen-bond acceptors (Lipinski definition) is 2. The van der Waals surface area contributed by atoms with Crippen molar-refractivity contribution in [2.75, 3.05) is 5.84 Å². The molecule has 1 aromatic heterocycles. The number of para-hydroxylation sites is 1. The highest BCUT2D eigenvalue weighted by atomic mass is 16.1. The Morgan fingerprint density at radius 3 is 2.82 bits per heavy atom. The van der Waals surface area contributed by atoms with Crippen LogP contribution in [0.3, 0.4) is 0 Å². The van der Waals surface area contributed by atoms with Crippen LogP contribution < -0.4 is 11.4 Å². The van der Waals surface area contributed by atoms with Gasteiger partial charge in [-0.1, -0.05) is 12.1 Å². The van der Waals surface area contributed by atoms with Crippen molar-refractivity contribution in [1.29, 1.82) is 0 Å². The molecule has 0 spiro atoms. The van der Waals surface area contributed by atoms with Gasteiger partial charge in [-0.2, -0.15) is 0 Å². The molecule has 0 bridgehead atoms. The van der Waals surface area contributed by atoms with E-state index in [4.69, 9.17) is 5.84 Å². The lowest BCUT2D eigenvalue weighted by molar-refractivity contribution is 0.846. The summed E-state index contributed by atoms with van der Waals surface area (Å²) in [5.41, 5.74) is 0.570. The number of H-pyrrole nitrogens is 1. The molecule has 0 aliphatic heterocycles. The van der Waals surface area contributed by atoms with Crippen molar-refractivity contribution in [1.82, 2.24) is 9.89 Å². The molecule has 0 aliphatic carbocycles. The molecule has 1 aromatic carbocycles. The van der Waals surface area contributed by atoms with Gasteiger partial charge in [-0.3, -0.25) is 4.79 Å². The number of rotatable bonds is 0. The van der Waals surface area contributed by atoms with Crippen molar-refractivity contribution >= 4 is 10.9 Å². The number of nitrogen functional groups attached to an aromatic ring is 1. The summed E-state index contributed by atoms with van der Waals surface area (Å²) in [5, 5.41) is 3.07. The number of benzene rings is 1. The monoisotopic (exact) mass is 149 g/mol. The van der Waals surface area contributed by atoms with Gasteiger partial charge in [0.2, 0.25) is 0 Å². The van der Waals surface area contributed by atoms with Gasteiger partial charge in [0.15, 0.2) is 0 Å². The van der Waals surface area contributed by atoms with Crippen molar-refractivity contribution in [3.05, 3.63) is 34.6 Å². The Morgan fingerprint density at radius 1 is 1.36 bits per heavy atom. The maximum atomic E-state index is 11.0. The molecule has 3 N–H and O–H groups in total. The lowest BCUT2D eigenvalue weighted by atomic mass is 10.3. The average molecular weight is 149 g/mol. The number of aromatic nitrogens is 2. The average Bonchev–Trinajstić information content (AvgIpc) is 2.30. The molecule has 0 saturated carbocycles. The third kappa shape index (κ3) is 0.724. The normalized spacial score (nSPS) is 10.5. The molecule has 0 amide bonds. The summed E-state index contributed by atoms with van der Waals surface area (Å²) in [6, 6.07) is 7.15. The van der Waals surface area contributed by atoms with Crippen LogP contribution in [-0.2, 0) is 0 Å². The van der Waals surface area contributed by atoms with Gasteiger partial charge in [-0.15, -0.1) is 0 Å². The molecular weight excluding hydrogens is 142 g/mol. The molecule has 1 heterocycles. The van der Waals surface area contributed by atoms with Crippen molar-refractivity contribution < 1.29 is 0 Å². The Balaban J connectivity index is 3.07. The highest BCUT2D eigenvalue weighted by Gasteiger charge is 2.00. The van der Waals surface area contributed by atoms with Gasteiger partial charge in [-0.25, -0.2) is 9.89 Å². The zero-order valence-corrected chi connectivity index (χ0v) is 5.74. The van der Waals surface area contributed by atoms with Crippen LogP contribution in [0.1, 0.15) is 0 Å². The van der Waals surface area contributed by atoms with E-state index in [2.05, 4.69) is 5.10 Å². The molecule has 0 aliphatic rings. The maximum Gasteiger partial charge on any atom is 0.273 e. The molecule has 11 heavy (non-hydrogen) atoms. The molecule has 4 nitrogen and oxygen atoms in total. The Morgan fingerprint density at radius 2 is 2.09 bits per heavy atom. The standard InChI is InChI=1S/C7H7N3O/c8-10-6-4-2-1-3-5(6)7(11)9-10/h1-4H,8H2,(H,9,11). The summed E-state index contributed by atoms with van der Waals surface area (Å²) in [5.74, 6) is 5.44. The fourth-order valence-electron chi connectivity index (χ4n) is 1.11. The first kappa shape index (κ1) is 6.03. The van der Waals surface area contributed by atoms with Gasteiger partial charge in [0, 0.05) is 0 Å². The Hall–Kier alpha value is -1.71. The minimum atomic E-state index is -0.150. The van der Waals surface area contributed by atoms with E-state index >= 15 is 0 Å². The second-order valence-electron chi connectivity index (χ2n) is 2.33. The van der Waals surface area contributed by atoms with Crippen LogP contribution in [0, 0.1) is 0 Å². The maximum absolute atomic E-state index is 11.0. The van der Waals surface area contributed by atoms with Crippen molar-refractivity contribution in [3.63, 3.8) is 0 Å². The van der Waals surface area contributed by atoms with E-state index < -0.39 is 0 Å². The smallest absolute Gasteiger partial charge is 0.273 e. The minimum Gasteiger partial charge on any atom is -0.324 e. The molecular formula is C7H7N3O. The molecule has 2 aromatic rings. The van der Waals surface area contributed by atoms with Crippen LogP contribution in [0.4, 0.5) is 0 Å². The van der Waals surface area contributed by atoms with Crippen LogP contribution >= 0.6 is 0 Å². The highest BCUT2D eigenvalue weighted by Crippen LogP contribution is 2.04. The molecule has 0 fully saturated rings. The molecule has 56 valence electrons. The van der Waals surface area contributed by atoms with Crippen LogP contribution in [-0.4, -0.2) is 9.89 Å². The van der Waals surface area contributed by atoms with Gasteiger partial charge in [0.05, 0.1) is 10.9 Å². The predicted octanol–water partition coefficient (Wildman–Crippen LogP) is 0.0434. The number of hydrogen-bond donors (Lipinski definition) is 2. The van der Waals surface area contributed by atoms with Gasteiger partial charge < -0.3 is 5.84 Å². The predicted molar refractivity (Wildman–Crippen MR) is 42.7 cm³/mol. The van der Waals surface area contributed by atoms with E-state index in [1.165, 1.54) is 4.79 Å². The quantitative estimate of drug-likeness (QED) is 0.519. The van der Waals surface area contributed by atoms with Gasteiger partial charge in [-0.05, 0) is 12.1 Å². The van der Waals surface area contributed by atoms with E-state index in [0.29, 0.717) is 5.39 Å². The van der Waals surface area contributed by atoms with Crippen LogP contribution in [0.25, 0.3) is 10.9 Å². The molecule has 0 radical (unpaired) electrons. The SMILES string of the molecule is Nn1[nH]c(=O)c2ccccc21. The van der Waals surface area contributed by atoms with Gasteiger partial charge >= 0.3 is 0 Å². The third-order valence-electron chi connectivity index (χ3n) is 1.63. The summed E-state index contributed by atoms with van der Waals surface area (Å²) in [4.78, 5) is 12.3. The van der Waals surface area contributed by atoms with Crippen LogP contribution in [0.15, 0.2) is 29.1 Å².